The number of aryl methyl sites for hydroxylation is 2. The summed E-state index contributed by atoms with van der Waals surface area (Å²) in [7, 11) is 0. The second-order valence-corrected chi connectivity index (χ2v) is 5.57. The Morgan fingerprint density at radius 2 is 2.10 bits per heavy atom. The summed E-state index contributed by atoms with van der Waals surface area (Å²) in [5, 5.41) is 12.3. The molecule has 0 bridgehead atoms. The molecule has 1 rings (SSSR count). The zero-order valence-electron chi connectivity index (χ0n) is 13.8. The molecule has 3 N–H and O–H groups in total. The molecule has 1 aromatic heterocycles. The first-order valence-electron chi connectivity index (χ1n) is 7.68. The van der Waals surface area contributed by atoms with E-state index in [0.29, 0.717) is 6.04 Å². The zero-order chi connectivity index (χ0) is 16.0. The zero-order valence-corrected chi connectivity index (χ0v) is 13.8. The van der Waals surface area contributed by atoms with Gasteiger partial charge in [0.15, 0.2) is 5.84 Å². The highest BCUT2D eigenvalue weighted by Crippen LogP contribution is 2.25. The minimum atomic E-state index is 0.125. The smallest absolute Gasteiger partial charge is 0.174 e. The van der Waals surface area contributed by atoms with E-state index in [2.05, 4.69) is 35.8 Å². The van der Waals surface area contributed by atoms with E-state index in [9.17, 15) is 0 Å². The van der Waals surface area contributed by atoms with Crippen LogP contribution in [-0.4, -0.2) is 28.6 Å². The summed E-state index contributed by atoms with van der Waals surface area (Å²) in [5.74, 6) is 0.949. The van der Waals surface area contributed by atoms with E-state index in [1.165, 1.54) is 0 Å². The normalized spacial score (nSPS) is 13.3. The molecule has 0 amide bonds. The van der Waals surface area contributed by atoms with Gasteiger partial charge in [-0.3, -0.25) is 0 Å². The van der Waals surface area contributed by atoms with Crippen molar-refractivity contribution in [3.63, 3.8) is 0 Å². The molecule has 1 aromatic rings. The number of hydrogen-bond donors (Lipinski definition) is 2. The standard InChI is InChI=1S/C16H28N4O/c1-6-8-9-20(13(5)7-2)16-14(15(17)19-21)11(3)10-12(4)18-16/h10,13,21H,6-9H2,1-5H3,(H2,17,19). The molecule has 1 heterocycles. The predicted octanol–water partition coefficient (Wildman–Crippen LogP) is 3.20. The molecule has 118 valence electrons. The lowest BCUT2D eigenvalue weighted by Gasteiger charge is -2.32. The summed E-state index contributed by atoms with van der Waals surface area (Å²) in [6.45, 7) is 11.4. The monoisotopic (exact) mass is 292 g/mol. The fraction of sp³-hybridized carbons (Fsp3) is 0.625. The van der Waals surface area contributed by atoms with E-state index in [-0.39, 0.29) is 5.84 Å². The van der Waals surface area contributed by atoms with Crippen LogP contribution in [0.15, 0.2) is 11.2 Å². The van der Waals surface area contributed by atoms with E-state index in [1.54, 1.807) is 0 Å². The maximum Gasteiger partial charge on any atom is 0.174 e. The van der Waals surface area contributed by atoms with Crippen LogP contribution in [0.25, 0.3) is 0 Å². The van der Waals surface area contributed by atoms with Gasteiger partial charge in [-0.15, -0.1) is 0 Å². The highest BCUT2D eigenvalue weighted by Gasteiger charge is 2.21. The highest BCUT2D eigenvalue weighted by atomic mass is 16.4. The molecular formula is C16H28N4O. The Kier molecular flexibility index (Phi) is 6.46. The van der Waals surface area contributed by atoms with Crippen molar-refractivity contribution in [1.82, 2.24) is 4.98 Å². The maximum absolute atomic E-state index is 9.08. The van der Waals surface area contributed by atoms with Crippen molar-refractivity contribution in [2.24, 2.45) is 10.9 Å². The number of nitrogens with two attached hydrogens (primary N) is 1. The van der Waals surface area contributed by atoms with Crippen molar-refractivity contribution in [2.75, 3.05) is 11.4 Å². The van der Waals surface area contributed by atoms with Crippen molar-refractivity contribution in [1.29, 1.82) is 0 Å². The summed E-state index contributed by atoms with van der Waals surface area (Å²) in [6, 6.07) is 2.32. The van der Waals surface area contributed by atoms with Crippen molar-refractivity contribution >= 4 is 11.7 Å². The van der Waals surface area contributed by atoms with E-state index in [1.807, 2.05) is 19.9 Å². The SMILES string of the molecule is CCCCN(c1nc(C)cc(C)c1C(N)=NO)C(C)CC. The maximum atomic E-state index is 9.08. The molecule has 0 aliphatic heterocycles. The summed E-state index contributed by atoms with van der Waals surface area (Å²) >= 11 is 0. The number of nitrogens with zero attached hydrogens (tertiary/aromatic N) is 3. The number of pyridine rings is 1. The Morgan fingerprint density at radius 1 is 1.43 bits per heavy atom. The predicted molar refractivity (Wildman–Crippen MR) is 88.2 cm³/mol. The molecule has 5 heteroatoms. The molecule has 21 heavy (non-hydrogen) atoms. The molecule has 0 radical (unpaired) electrons. The molecule has 0 aromatic carbocycles. The number of oxime groups is 1. The van der Waals surface area contributed by atoms with Gasteiger partial charge >= 0.3 is 0 Å². The van der Waals surface area contributed by atoms with Crippen molar-refractivity contribution in [3.05, 3.63) is 22.9 Å². The molecule has 0 aliphatic carbocycles. The number of unbranched alkanes of at least 4 members (excludes halogenated alkanes) is 1. The van der Waals surface area contributed by atoms with E-state index >= 15 is 0 Å². The minimum Gasteiger partial charge on any atom is -0.409 e. The number of amidine groups is 1. The Bertz CT molecular complexity index is 499. The van der Waals surface area contributed by atoms with Gasteiger partial charge < -0.3 is 15.8 Å². The summed E-state index contributed by atoms with van der Waals surface area (Å²) in [5.41, 5.74) is 8.55. The molecular weight excluding hydrogens is 264 g/mol. The number of aromatic nitrogens is 1. The second kappa shape index (κ2) is 7.86. The van der Waals surface area contributed by atoms with Gasteiger partial charge in [-0.1, -0.05) is 25.4 Å². The van der Waals surface area contributed by atoms with Gasteiger partial charge in [0, 0.05) is 18.3 Å². The quantitative estimate of drug-likeness (QED) is 0.350. The summed E-state index contributed by atoms with van der Waals surface area (Å²) in [6.07, 6.45) is 3.24. The lowest BCUT2D eigenvalue weighted by atomic mass is 10.1. The summed E-state index contributed by atoms with van der Waals surface area (Å²) in [4.78, 5) is 6.95. The van der Waals surface area contributed by atoms with Crippen LogP contribution in [0, 0.1) is 13.8 Å². The van der Waals surface area contributed by atoms with Crippen molar-refractivity contribution in [3.8, 4) is 0 Å². The third-order valence-corrected chi connectivity index (χ3v) is 3.84. The Balaban J connectivity index is 3.40. The second-order valence-electron chi connectivity index (χ2n) is 5.57. The van der Waals surface area contributed by atoms with Crippen LogP contribution in [0.3, 0.4) is 0 Å². The largest absolute Gasteiger partial charge is 0.409 e. The van der Waals surface area contributed by atoms with E-state index in [0.717, 1.165) is 48.4 Å². The average Bonchev–Trinajstić information content (AvgIpc) is 2.46. The van der Waals surface area contributed by atoms with Crippen LogP contribution >= 0.6 is 0 Å². The summed E-state index contributed by atoms with van der Waals surface area (Å²) < 4.78 is 0. The lowest BCUT2D eigenvalue weighted by molar-refractivity contribution is 0.318. The molecule has 0 spiro atoms. The van der Waals surface area contributed by atoms with Gasteiger partial charge in [0.25, 0.3) is 0 Å². The van der Waals surface area contributed by atoms with Crippen LogP contribution in [-0.2, 0) is 0 Å². The topological polar surface area (TPSA) is 74.7 Å². The fourth-order valence-corrected chi connectivity index (χ4v) is 2.48. The Labute approximate surface area is 127 Å². The van der Waals surface area contributed by atoms with Crippen LogP contribution in [0.4, 0.5) is 5.82 Å². The van der Waals surface area contributed by atoms with Crippen LogP contribution in [0.5, 0.6) is 0 Å². The molecule has 0 fully saturated rings. The molecule has 0 aliphatic rings. The van der Waals surface area contributed by atoms with Gasteiger partial charge in [-0.05, 0) is 45.2 Å². The van der Waals surface area contributed by atoms with Gasteiger partial charge in [-0.2, -0.15) is 0 Å². The Hall–Kier alpha value is -1.78. The van der Waals surface area contributed by atoms with Crippen molar-refractivity contribution in [2.45, 2.75) is 59.9 Å². The molecule has 0 saturated carbocycles. The fourth-order valence-electron chi connectivity index (χ4n) is 2.48. The van der Waals surface area contributed by atoms with Gasteiger partial charge in [0.05, 0.1) is 5.56 Å². The molecule has 1 atom stereocenters. The number of anilines is 1. The third-order valence-electron chi connectivity index (χ3n) is 3.84. The van der Waals surface area contributed by atoms with E-state index in [4.69, 9.17) is 10.9 Å². The van der Waals surface area contributed by atoms with Gasteiger partial charge in [0.2, 0.25) is 0 Å². The van der Waals surface area contributed by atoms with E-state index < -0.39 is 0 Å². The Morgan fingerprint density at radius 3 is 2.62 bits per heavy atom. The first-order valence-corrected chi connectivity index (χ1v) is 7.68. The first kappa shape index (κ1) is 17.3. The van der Waals surface area contributed by atoms with Gasteiger partial charge in [0.1, 0.15) is 5.82 Å². The first-order chi connectivity index (χ1) is 9.96. The molecule has 0 saturated heterocycles. The molecule has 1 unspecified atom stereocenters. The van der Waals surface area contributed by atoms with Gasteiger partial charge in [-0.25, -0.2) is 4.98 Å². The minimum absolute atomic E-state index is 0.125. The molecule has 5 nitrogen and oxygen atoms in total. The van der Waals surface area contributed by atoms with Crippen molar-refractivity contribution < 1.29 is 5.21 Å². The van der Waals surface area contributed by atoms with Crippen LogP contribution in [0.1, 0.15) is 56.9 Å². The highest BCUT2D eigenvalue weighted by molar-refractivity contribution is 6.02. The van der Waals surface area contributed by atoms with Crippen LogP contribution < -0.4 is 10.6 Å². The number of hydrogen-bond acceptors (Lipinski definition) is 4. The average molecular weight is 292 g/mol. The lowest BCUT2D eigenvalue weighted by Crippen LogP contribution is -2.36. The number of rotatable bonds is 7. The van der Waals surface area contributed by atoms with Crippen LogP contribution in [0.2, 0.25) is 0 Å². The third kappa shape index (κ3) is 4.09.